The minimum atomic E-state index is -1.01. The Morgan fingerprint density at radius 2 is 1.83 bits per heavy atom. The summed E-state index contributed by atoms with van der Waals surface area (Å²) in [6, 6.07) is 3.12. The molecule has 5 heteroatoms. The van der Waals surface area contributed by atoms with Crippen LogP contribution >= 0.6 is 0 Å². The zero-order valence-corrected chi connectivity index (χ0v) is 10.2. The summed E-state index contributed by atoms with van der Waals surface area (Å²) in [7, 11) is 0. The van der Waals surface area contributed by atoms with Crippen molar-refractivity contribution in [1.82, 2.24) is 5.32 Å². The molecule has 3 N–H and O–H groups in total. The standard InChI is InChI=1S/C13H18F2N2O/c14-11-6-5-10(9-12(11)15)13(18)17-8-4-2-1-3-7-16/h5-6,9H,1-4,7-8,16H2,(H,17,18). The lowest BCUT2D eigenvalue weighted by Crippen LogP contribution is -2.24. The fourth-order valence-electron chi connectivity index (χ4n) is 1.56. The van der Waals surface area contributed by atoms with Gasteiger partial charge in [0.15, 0.2) is 11.6 Å². The third-order valence-electron chi connectivity index (χ3n) is 2.60. The zero-order chi connectivity index (χ0) is 13.4. The van der Waals surface area contributed by atoms with Crippen molar-refractivity contribution in [1.29, 1.82) is 0 Å². The topological polar surface area (TPSA) is 55.1 Å². The number of hydrogen-bond acceptors (Lipinski definition) is 2. The van der Waals surface area contributed by atoms with Gasteiger partial charge < -0.3 is 11.1 Å². The predicted molar refractivity (Wildman–Crippen MR) is 66.2 cm³/mol. The number of nitrogens with two attached hydrogens (primary N) is 1. The van der Waals surface area contributed by atoms with Crippen LogP contribution in [0.2, 0.25) is 0 Å². The minimum Gasteiger partial charge on any atom is -0.352 e. The Morgan fingerprint density at radius 3 is 2.50 bits per heavy atom. The molecule has 1 amide bonds. The maximum absolute atomic E-state index is 12.9. The summed E-state index contributed by atoms with van der Waals surface area (Å²) < 4.78 is 25.6. The van der Waals surface area contributed by atoms with Crippen molar-refractivity contribution < 1.29 is 13.6 Å². The van der Waals surface area contributed by atoms with Crippen LogP contribution in [-0.4, -0.2) is 19.0 Å². The summed E-state index contributed by atoms with van der Waals surface area (Å²) in [4.78, 5) is 11.6. The molecule has 3 nitrogen and oxygen atoms in total. The number of benzene rings is 1. The molecule has 18 heavy (non-hydrogen) atoms. The molecular formula is C13H18F2N2O. The van der Waals surface area contributed by atoms with Crippen molar-refractivity contribution in [3.63, 3.8) is 0 Å². The Morgan fingerprint density at radius 1 is 1.11 bits per heavy atom. The summed E-state index contributed by atoms with van der Waals surface area (Å²) >= 11 is 0. The van der Waals surface area contributed by atoms with Gasteiger partial charge in [0, 0.05) is 12.1 Å². The van der Waals surface area contributed by atoms with Crippen molar-refractivity contribution >= 4 is 5.91 Å². The first kappa shape index (κ1) is 14.6. The van der Waals surface area contributed by atoms with E-state index in [0.717, 1.165) is 37.8 Å². The highest BCUT2D eigenvalue weighted by Crippen LogP contribution is 2.08. The first-order valence-corrected chi connectivity index (χ1v) is 6.08. The van der Waals surface area contributed by atoms with Gasteiger partial charge >= 0.3 is 0 Å². The van der Waals surface area contributed by atoms with E-state index >= 15 is 0 Å². The predicted octanol–water partition coefficient (Wildman–Crippen LogP) is 2.21. The van der Waals surface area contributed by atoms with E-state index in [9.17, 15) is 13.6 Å². The summed E-state index contributed by atoms with van der Waals surface area (Å²) in [5.41, 5.74) is 5.49. The van der Waals surface area contributed by atoms with E-state index in [-0.39, 0.29) is 11.5 Å². The van der Waals surface area contributed by atoms with Crippen LogP contribution in [0.5, 0.6) is 0 Å². The van der Waals surface area contributed by atoms with Crippen molar-refractivity contribution in [2.24, 2.45) is 5.73 Å². The molecule has 0 fully saturated rings. The van der Waals surface area contributed by atoms with Crippen LogP contribution < -0.4 is 11.1 Å². The van der Waals surface area contributed by atoms with E-state index in [1.807, 2.05) is 0 Å². The molecule has 0 aliphatic rings. The Kier molecular flexibility index (Phi) is 6.28. The molecular weight excluding hydrogens is 238 g/mol. The molecule has 0 atom stereocenters. The van der Waals surface area contributed by atoms with E-state index in [1.165, 1.54) is 6.07 Å². The molecule has 0 heterocycles. The van der Waals surface area contributed by atoms with E-state index < -0.39 is 11.6 Å². The van der Waals surface area contributed by atoms with Crippen LogP contribution in [0.3, 0.4) is 0 Å². The monoisotopic (exact) mass is 256 g/mol. The first-order valence-electron chi connectivity index (χ1n) is 6.08. The molecule has 100 valence electrons. The van der Waals surface area contributed by atoms with Crippen LogP contribution in [0.15, 0.2) is 18.2 Å². The number of rotatable bonds is 7. The first-order chi connectivity index (χ1) is 8.65. The Bertz CT molecular complexity index is 397. The molecule has 0 aromatic heterocycles. The molecule has 0 saturated carbocycles. The third kappa shape index (κ3) is 4.79. The van der Waals surface area contributed by atoms with Gasteiger partial charge in [-0.1, -0.05) is 12.8 Å². The van der Waals surface area contributed by atoms with Gasteiger partial charge in [0.25, 0.3) is 5.91 Å². The fraction of sp³-hybridized carbons (Fsp3) is 0.462. The second-order valence-corrected chi connectivity index (χ2v) is 4.09. The van der Waals surface area contributed by atoms with E-state index in [0.29, 0.717) is 13.1 Å². The fourth-order valence-corrected chi connectivity index (χ4v) is 1.56. The van der Waals surface area contributed by atoms with Gasteiger partial charge in [-0.3, -0.25) is 4.79 Å². The Balaban J connectivity index is 2.30. The number of carbonyl (C=O) groups is 1. The minimum absolute atomic E-state index is 0.135. The molecule has 0 aliphatic carbocycles. The van der Waals surface area contributed by atoms with Gasteiger partial charge in [-0.25, -0.2) is 8.78 Å². The highest BCUT2D eigenvalue weighted by Gasteiger charge is 2.08. The van der Waals surface area contributed by atoms with Crippen LogP contribution in [0.4, 0.5) is 8.78 Å². The molecule has 0 bridgehead atoms. The molecule has 1 aromatic carbocycles. The normalized spacial score (nSPS) is 10.4. The van der Waals surface area contributed by atoms with Gasteiger partial charge in [-0.05, 0) is 37.6 Å². The van der Waals surface area contributed by atoms with Gasteiger partial charge in [0.1, 0.15) is 0 Å². The second-order valence-electron chi connectivity index (χ2n) is 4.09. The summed E-state index contributed by atoms with van der Waals surface area (Å²) in [6.45, 7) is 1.21. The summed E-state index contributed by atoms with van der Waals surface area (Å²) in [5.74, 6) is -2.34. The highest BCUT2D eigenvalue weighted by molar-refractivity contribution is 5.94. The van der Waals surface area contributed by atoms with E-state index in [4.69, 9.17) is 5.73 Å². The number of carbonyl (C=O) groups excluding carboxylic acids is 1. The third-order valence-corrected chi connectivity index (χ3v) is 2.60. The largest absolute Gasteiger partial charge is 0.352 e. The second kappa shape index (κ2) is 7.76. The average Bonchev–Trinajstić information content (AvgIpc) is 2.36. The van der Waals surface area contributed by atoms with E-state index in [1.54, 1.807) is 0 Å². The van der Waals surface area contributed by atoms with Gasteiger partial charge in [0.2, 0.25) is 0 Å². The Labute approximate surface area is 105 Å². The van der Waals surface area contributed by atoms with Gasteiger partial charge in [-0.15, -0.1) is 0 Å². The number of unbranched alkanes of at least 4 members (excludes halogenated alkanes) is 3. The highest BCUT2D eigenvalue weighted by atomic mass is 19.2. The van der Waals surface area contributed by atoms with Crippen LogP contribution in [0.1, 0.15) is 36.0 Å². The molecule has 0 spiro atoms. The van der Waals surface area contributed by atoms with Crippen molar-refractivity contribution in [2.75, 3.05) is 13.1 Å². The lowest BCUT2D eigenvalue weighted by atomic mass is 10.1. The maximum atomic E-state index is 12.9. The maximum Gasteiger partial charge on any atom is 0.251 e. The average molecular weight is 256 g/mol. The molecule has 0 saturated heterocycles. The summed E-state index contributed by atoms with van der Waals surface area (Å²) in [5, 5.41) is 2.66. The van der Waals surface area contributed by atoms with Crippen molar-refractivity contribution in [3.05, 3.63) is 35.4 Å². The van der Waals surface area contributed by atoms with E-state index in [2.05, 4.69) is 5.32 Å². The number of halogens is 2. The van der Waals surface area contributed by atoms with Gasteiger partial charge in [-0.2, -0.15) is 0 Å². The molecule has 1 rings (SSSR count). The van der Waals surface area contributed by atoms with Crippen molar-refractivity contribution in [3.8, 4) is 0 Å². The van der Waals surface area contributed by atoms with Crippen LogP contribution in [0, 0.1) is 11.6 Å². The quantitative estimate of drug-likeness (QED) is 0.735. The number of nitrogens with one attached hydrogen (secondary N) is 1. The SMILES string of the molecule is NCCCCCCNC(=O)c1ccc(F)c(F)c1. The Hall–Kier alpha value is -1.49. The number of hydrogen-bond donors (Lipinski definition) is 2. The number of amides is 1. The lowest BCUT2D eigenvalue weighted by Gasteiger charge is -2.05. The zero-order valence-electron chi connectivity index (χ0n) is 10.2. The van der Waals surface area contributed by atoms with Gasteiger partial charge in [0.05, 0.1) is 0 Å². The van der Waals surface area contributed by atoms with Crippen LogP contribution in [-0.2, 0) is 0 Å². The molecule has 0 unspecified atom stereocenters. The summed E-state index contributed by atoms with van der Waals surface area (Å²) in [6.07, 6.45) is 3.87. The smallest absolute Gasteiger partial charge is 0.251 e. The molecule has 0 aliphatic heterocycles. The van der Waals surface area contributed by atoms with Crippen molar-refractivity contribution in [2.45, 2.75) is 25.7 Å². The molecule has 1 aromatic rings. The van der Waals surface area contributed by atoms with Crippen LogP contribution in [0.25, 0.3) is 0 Å². The lowest BCUT2D eigenvalue weighted by molar-refractivity contribution is 0.0952. The molecule has 0 radical (unpaired) electrons.